The molecule has 2 aromatic carbocycles. The molecule has 0 saturated heterocycles. The largest absolute Gasteiger partial charge is 0.239 e. The third kappa shape index (κ3) is 7.17. The number of aromatic amines is 1. The molecule has 180 valence electrons. The van der Waals surface area contributed by atoms with Gasteiger partial charge in [0.25, 0.3) is 0 Å². The van der Waals surface area contributed by atoms with Crippen molar-refractivity contribution in [1.29, 1.82) is 0 Å². The van der Waals surface area contributed by atoms with Gasteiger partial charge >= 0.3 is 0 Å². The topological polar surface area (TPSA) is 123 Å². The fourth-order valence-corrected chi connectivity index (χ4v) is 7.42. The Bertz CT molecular complexity index is 1320. The van der Waals surface area contributed by atoms with Gasteiger partial charge in [-0.15, -0.1) is 10.2 Å². The van der Waals surface area contributed by atoms with Crippen LogP contribution in [0.5, 0.6) is 0 Å². The van der Waals surface area contributed by atoms with Crippen LogP contribution >= 0.6 is 95.6 Å². The highest BCUT2D eigenvalue weighted by Gasteiger charge is 2.38. The molecule has 1 heterocycles. The van der Waals surface area contributed by atoms with Crippen molar-refractivity contribution in [2.24, 2.45) is 0 Å². The van der Waals surface area contributed by atoms with E-state index in [9.17, 15) is 16.8 Å². The monoisotopic (exact) mass is 876 g/mol. The molecule has 1 N–H and O–H groups in total. The van der Waals surface area contributed by atoms with E-state index in [0.29, 0.717) is 16.3 Å². The summed E-state index contributed by atoms with van der Waals surface area (Å²) in [5.41, 5.74) is 2.44. The quantitative estimate of drug-likeness (QED) is 0.306. The molecule has 3 rings (SSSR count). The first-order valence-electron chi connectivity index (χ1n) is 8.52. The van der Waals surface area contributed by atoms with Gasteiger partial charge in [-0.05, 0) is 151 Å². The standard InChI is InChI=1S/C9H9Br3O2S.C8H5Br3N4O2S/c1-6-3-4-8(7(2)5-6)15(13,14)9(10,11)12;9-8(10,11)18(16,17)6-3-1-5(2-4-6)7-12-14-15-13-7/h3-5H,1-2H3;1-4H,(H,12,13,14,15). The van der Waals surface area contributed by atoms with Crippen molar-refractivity contribution >= 4 is 115 Å². The summed E-state index contributed by atoms with van der Waals surface area (Å²) in [5.74, 6) is 0.404. The first kappa shape index (κ1) is 29.5. The molecule has 33 heavy (non-hydrogen) atoms. The summed E-state index contributed by atoms with van der Waals surface area (Å²) in [5, 5.41) is 13.4. The van der Waals surface area contributed by atoms with Crippen molar-refractivity contribution in [3.05, 3.63) is 53.6 Å². The molecule has 0 saturated carbocycles. The Balaban J connectivity index is 0.000000238. The predicted molar refractivity (Wildman–Crippen MR) is 149 cm³/mol. The molecule has 0 unspecified atom stereocenters. The van der Waals surface area contributed by atoms with Gasteiger partial charge in [-0.1, -0.05) is 17.7 Å². The van der Waals surface area contributed by atoms with Crippen LogP contribution < -0.4 is 0 Å². The number of sulfone groups is 2. The van der Waals surface area contributed by atoms with E-state index in [1.807, 2.05) is 13.0 Å². The number of hydrogen-bond acceptors (Lipinski definition) is 7. The van der Waals surface area contributed by atoms with E-state index in [0.717, 1.165) is 11.1 Å². The maximum absolute atomic E-state index is 12.1. The van der Waals surface area contributed by atoms with Crippen LogP contribution in [0.1, 0.15) is 11.1 Å². The Morgan fingerprint density at radius 1 is 0.788 bits per heavy atom. The van der Waals surface area contributed by atoms with Gasteiger partial charge in [0.05, 0.1) is 9.79 Å². The van der Waals surface area contributed by atoms with Gasteiger partial charge in [-0.3, -0.25) is 0 Å². The van der Waals surface area contributed by atoms with E-state index in [2.05, 4.69) is 116 Å². The number of hydrogen-bond donors (Lipinski definition) is 1. The lowest BCUT2D eigenvalue weighted by Gasteiger charge is -2.15. The summed E-state index contributed by atoms with van der Waals surface area (Å²) in [6.45, 7) is 3.70. The average molecular weight is 882 g/mol. The fourth-order valence-electron chi connectivity index (χ4n) is 2.43. The molecule has 3 aromatic rings. The highest BCUT2D eigenvalue weighted by atomic mass is 80.0. The van der Waals surface area contributed by atoms with E-state index < -0.39 is 22.6 Å². The van der Waals surface area contributed by atoms with Crippen molar-refractivity contribution in [2.75, 3.05) is 0 Å². The number of rotatable bonds is 3. The molecular formula is C17H14Br6N4O4S2. The second-order valence-electron chi connectivity index (χ2n) is 6.43. The van der Waals surface area contributed by atoms with Crippen LogP contribution in [0, 0.1) is 13.8 Å². The van der Waals surface area contributed by atoms with Crippen LogP contribution in [-0.4, -0.2) is 40.4 Å². The molecule has 1 aromatic heterocycles. The zero-order valence-electron chi connectivity index (χ0n) is 16.6. The van der Waals surface area contributed by atoms with E-state index in [-0.39, 0.29) is 4.90 Å². The minimum absolute atomic E-state index is 0.153. The van der Waals surface area contributed by atoms with Gasteiger partial charge < -0.3 is 0 Å². The lowest BCUT2D eigenvalue weighted by Crippen LogP contribution is -2.18. The third-order valence-electron chi connectivity index (χ3n) is 4.00. The van der Waals surface area contributed by atoms with Gasteiger partial charge in [0.2, 0.25) is 28.4 Å². The molecule has 0 bridgehead atoms. The molecule has 0 aliphatic rings. The second-order valence-corrected chi connectivity index (χ2v) is 27.2. The first-order valence-corrected chi connectivity index (χ1v) is 16.2. The minimum atomic E-state index is -3.58. The highest BCUT2D eigenvalue weighted by molar-refractivity contribution is 9.42. The number of tetrazole rings is 1. The van der Waals surface area contributed by atoms with Crippen molar-refractivity contribution in [1.82, 2.24) is 20.6 Å². The van der Waals surface area contributed by atoms with E-state index in [4.69, 9.17) is 0 Å². The van der Waals surface area contributed by atoms with Crippen LogP contribution in [0.15, 0.2) is 52.3 Å². The number of alkyl halides is 6. The zero-order valence-corrected chi connectivity index (χ0v) is 27.7. The number of halogens is 6. The van der Waals surface area contributed by atoms with Gasteiger partial charge in [-0.25, -0.2) is 16.8 Å². The summed E-state index contributed by atoms with van der Waals surface area (Å²) in [7, 11) is -7.05. The van der Waals surface area contributed by atoms with Crippen LogP contribution in [0.2, 0.25) is 0 Å². The van der Waals surface area contributed by atoms with Crippen LogP contribution in [0.25, 0.3) is 11.4 Å². The maximum atomic E-state index is 12.1. The molecule has 0 atom stereocenters. The van der Waals surface area contributed by atoms with Crippen molar-refractivity contribution in [3.63, 3.8) is 0 Å². The SMILES string of the molecule is Cc1ccc(S(=O)(=O)C(Br)(Br)Br)c(C)c1.O=S(=O)(c1ccc(-c2nn[nH]n2)cc1)C(Br)(Br)Br. The molecule has 8 nitrogen and oxygen atoms in total. The third-order valence-corrected chi connectivity index (χ3v) is 14.8. The lowest BCUT2D eigenvalue weighted by molar-refractivity contribution is 0.596. The second kappa shape index (κ2) is 11.1. The normalized spacial score (nSPS) is 12.7. The number of benzene rings is 2. The Kier molecular flexibility index (Phi) is 9.96. The summed E-state index contributed by atoms with van der Waals surface area (Å²) in [6.07, 6.45) is 0. The maximum Gasteiger partial charge on any atom is 0.239 e. The molecule has 0 fully saturated rings. The fraction of sp³-hybridized carbons (Fsp3) is 0.235. The van der Waals surface area contributed by atoms with Gasteiger partial charge in [0.1, 0.15) is 0 Å². The number of aryl methyl sites for hydroxylation is 2. The van der Waals surface area contributed by atoms with Gasteiger partial charge in [0.15, 0.2) is 0 Å². The van der Waals surface area contributed by atoms with E-state index in [1.165, 1.54) is 12.1 Å². The molecule has 0 radical (unpaired) electrons. The predicted octanol–water partition coefficient (Wildman–Crippen LogP) is 6.31. The van der Waals surface area contributed by atoms with E-state index in [1.54, 1.807) is 31.2 Å². The summed E-state index contributed by atoms with van der Waals surface area (Å²) >= 11 is 18.1. The van der Waals surface area contributed by atoms with Gasteiger partial charge in [0, 0.05) is 5.56 Å². The Morgan fingerprint density at radius 2 is 1.33 bits per heavy atom. The van der Waals surface area contributed by atoms with Crippen molar-refractivity contribution in [2.45, 2.75) is 26.6 Å². The molecule has 0 amide bonds. The first-order chi connectivity index (χ1) is 15.0. The smallest absolute Gasteiger partial charge is 0.220 e. The van der Waals surface area contributed by atoms with Gasteiger partial charge in [-0.2, -0.15) is 5.21 Å². The van der Waals surface area contributed by atoms with Crippen LogP contribution in [0.4, 0.5) is 0 Å². The van der Waals surface area contributed by atoms with Crippen molar-refractivity contribution < 1.29 is 16.8 Å². The number of nitrogens with zero attached hydrogens (tertiary/aromatic N) is 3. The average Bonchev–Trinajstić information content (AvgIpc) is 3.21. The summed E-state index contributed by atoms with van der Waals surface area (Å²) in [6, 6.07) is 11.4. The minimum Gasteiger partial charge on any atom is -0.220 e. The highest BCUT2D eigenvalue weighted by Crippen LogP contribution is 2.44. The molecule has 0 aliphatic heterocycles. The zero-order chi connectivity index (χ0) is 25.2. The number of nitrogens with one attached hydrogen (secondary N) is 1. The number of H-pyrrole nitrogens is 1. The number of aromatic nitrogens is 4. The summed E-state index contributed by atoms with van der Waals surface area (Å²) in [4.78, 5) is 0.457. The Hall–Kier alpha value is 0.290. The van der Waals surface area contributed by atoms with Crippen LogP contribution in [0.3, 0.4) is 0 Å². The molecular weight excluding hydrogens is 868 g/mol. The van der Waals surface area contributed by atoms with E-state index >= 15 is 0 Å². The van der Waals surface area contributed by atoms with Crippen LogP contribution in [-0.2, 0) is 19.7 Å². The van der Waals surface area contributed by atoms with Crippen molar-refractivity contribution in [3.8, 4) is 11.4 Å². The summed E-state index contributed by atoms with van der Waals surface area (Å²) < 4.78 is 45.5. The molecule has 0 spiro atoms. The molecule has 16 heteroatoms. The Morgan fingerprint density at radius 3 is 1.76 bits per heavy atom. The lowest BCUT2D eigenvalue weighted by atomic mass is 10.2. The Labute approximate surface area is 241 Å². The molecule has 0 aliphatic carbocycles.